The Morgan fingerprint density at radius 1 is 1.38 bits per heavy atom. The topological polar surface area (TPSA) is 35.3 Å². The fraction of sp³-hybridized carbons (Fsp3) is 0.154. The van der Waals surface area contributed by atoms with Crippen LogP contribution in [0.2, 0.25) is 0 Å². The predicted molar refractivity (Wildman–Crippen MR) is 62.6 cm³/mol. The van der Waals surface area contributed by atoms with Crippen LogP contribution in [0.4, 0.5) is 0 Å². The molecule has 1 aromatic heterocycles. The highest BCUT2D eigenvalue weighted by molar-refractivity contribution is 5.70. The number of methoxy groups -OCH3 is 1. The zero-order valence-electron chi connectivity index (χ0n) is 9.31. The standard InChI is InChI=1S/C13H13NO2/c1-10(8-15-2)11-4-3-5-12(6-11)13-7-14-16-9-13/h3-9H,1-2H3. The molecule has 0 aliphatic heterocycles. The van der Waals surface area contributed by atoms with Gasteiger partial charge in [0.1, 0.15) is 6.26 Å². The van der Waals surface area contributed by atoms with Crippen molar-refractivity contribution >= 4 is 5.57 Å². The molecule has 0 atom stereocenters. The Morgan fingerprint density at radius 2 is 2.25 bits per heavy atom. The van der Waals surface area contributed by atoms with Crippen molar-refractivity contribution in [1.29, 1.82) is 0 Å². The van der Waals surface area contributed by atoms with Crippen LogP contribution >= 0.6 is 0 Å². The van der Waals surface area contributed by atoms with Crippen molar-refractivity contribution in [3.63, 3.8) is 0 Å². The summed E-state index contributed by atoms with van der Waals surface area (Å²) < 4.78 is 9.82. The van der Waals surface area contributed by atoms with Crippen LogP contribution in [-0.4, -0.2) is 12.3 Å². The summed E-state index contributed by atoms with van der Waals surface area (Å²) in [6.07, 6.45) is 5.07. The van der Waals surface area contributed by atoms with E-state index in [1.807, 2.05) is 25.1 Å². The van der Waals surface area contributed by atoms with Crippen LogP contribution < -0.4 is 0 Å². The fourth-order valence-corrected chi connectivity index (χ4v) is 1.54. The van der Waals surface area contributed by atoms with E-state index in [1.165, 1.54) is 0 Å². The van der Waals surface area contributed by atoms with E-state index in [0.717, 1.165) is 22.3 Å². The number of hydrogen-bond donors (Lipinski definition) is 0. The molecule has 2 aromatic rings. The molecule has 0 spiro atoms. The van der Waals surface area contributed by atoms with Gasteiger partial charge in [-0.05, 0) is 29.7 Å². The minimum absolute atomic E-state index is 0.979. The molecular formula is C13H13NO2. The maximum absolute atomic E-state index is 5.00. The Hall–Kier alpha value is -2.03. The molecule has 0 aliphatic rings. The molecule has 0 aliphatic carbocycles. The summed E-state index contributed by atoms with van der Waals surface area (Å²) in [4.78, 5) is 0. The fourth-order valence-electron chi connectivity index (χ4n) is 1.54. The van der Waals surface area contributed by atoms with E-state index >= 15 is 0 Å². The Labute approximate surface area is 94.3 Å². The zero-order valence-corrected chi connectivity index (χ0v) is 9.31. The second-order valence-electron chi connectivity index (χ2n) is 3.53. The number of hydrogen-bond acceptors (Lipinski definition) is 3. The lowest BCUT2D eigenvalue weighted by atomic mass is 10.0. The highest BCUT2D eigenvalue weighted by Gasteiger charge is 2.02. The Bertz CT molecular complexity index is 486. The maximum Gasteiger partial charge on any atom is 0.131 e. The predicted octanol–water partition coefficient (Wildman–Crippen LogP) is 3.35. The molecule has 0 saturated heterocycles. The Kier molecular flexibility index (Phi) is 3.05. The summed E-state index contributed by atoms with van der Waals surface area (Å²) >= 11 is 0. The van der Waals surface area contributed by atoms with Crippen LogP contribution in [0.1, 0.15) is 12.5 Å². The molecule has 2 rings (SSSR count). The summed E-state index contributed by atoms with van der Waals surface area (Å²) in [5, 5.41) is 3.70. The Balaban J connectivity index is 2.37. The third-order valence-corrected chi connectivity index (χ3v) is 2.38. The van der Waals surface area contributed by atoms with E-state index in [2.05, 4.69) is 11.2 Å². The molecule has 0 amide bonds. The molecule has 16 heavy (non-hydrogen) atoms. The number of ether oxygens (including phenoxy) is 1. The first-order chi connectivity index (χ1) is 7.81. The van der Waals surface area contributed by atoms with Crippen molar-refractivity contribution < 1.29 is 9.26 Å². The van der Waals surface area contributed by atoms with Gasteiger partial charge >= 0.3 is 0 Å². The quantitative estimate of drug-likeness (QED) is 0.736. The van der Waals surface area contributed by atoms with Crippen molar-refractivity contribution in [3.8, 4) is 11.1 Å². The highest BCUT2D eigenvalue weighted by atomic mass is 16.5. The van der Waals surface area contributed by atoms with E-state index in [9.17, 15) is 0 Å². The first-order valence-corrected chi connectivity index (χ1v) is 5.01. The molecule has 3 heteroatoms. The number of allylic oxidation sites excluding steroid dienone is 1. The van der Waals surface area contributed by atoms with Crippen LogP contribution in [0.15, 0.2) is 47.5 Å². The summed E-state index contributed by atoms with van der Waals surface area (Å²) in [6, 6.07) is 8.15. The van der Waals surface area contributed by atoms with Crippen molar-refractivity contribution in [2.45, 2.75) is 6.92 Å². The number of aromatic nitrogens is 1. The van der Waals surface area contributed by atoms with Gasteiger partial charge in [0.05, 0.1) is 19.6 Å². The zero-order chi connectivity index (χ0) is 11.4. The number of rotatable bonds is 3. The first-order valence-electron chi connectivity index (χ1n) is 5.01. The molecule has 82 valence electrons. The van der Waals surface area contributed by atoms with Crippen LogP contribution in [-0.2, 0) is 4.74 Å². The van der Waals surface area contributed by atoms with Gasteiger partial charge in [-0.15, -0.1) is 0 Å². The van der Waals surface area contributed by atoms with E-state index in [-0.39, 0.29) is 0 Å². The number of nitrogens with zero attached hydrogens (tertiary/aromatic N) is 1. The first kappa shape index (κ1) is 10.5. The normalized spacial score (nSPS) is 11.5. The van der Waals surface area contributed by atoms with Crippen LogP contribution in [0, 0.1) is 0 Å². The van der Waals surface area contributed by atoms with Gasteiger partial charge < -0.3 is 9.26 Å². The summed E-state index contributed by atoms with van der Waals surface area (Å²) in [5.74, 6) is 0. The molecule has 3 nitrogen and oxygen atoms in total. The average Bonchev–Trinajstić information content (AvgIpc) is 2.83. The largest absolute Gasteiger partial charge is 0.504 e. The van der Waals surface area contributed by atoms with Crippen molar-refractivity contribution in [2.24, 2.45) is 0 Å². The third kappa shape index (κ3) is 2.14. The highest BCUT2D eigenvalue weighted by Crippen LogP contribution is 2.23. The van der Waals surface area contributed by atoms with Gasteiger partial charge in [-0.2, -0.15) is 0 Å². The van der Waals surface area contributed by atoms with Gasteiger partial charge in [0.2, 0.25) is 0 Å². The van der Waals surface area contributed by atoms with Crippen LogP contribution in [0.5, 0.6) is 0 Å². The summed E-state index contributed by atoms with van der Waals surface area (Å²) in [7, 11) is 1.65. The van der Waals surface area contributed by atoms with Crippen molar-refractivity contribution in [1.82, 2.24) is 5.16 Å². The molecule has 0 fully saturated rings. The van der Waals surface area contributed by atoms with Gasteiger partial charge in [-0.1, -0.05) is 23.4 Å². The second kappa shape index (κ2) is 4.66. The van der Waals surface area contributed by atoms with Crippen LogP contribution in [0.3, 0.4) is 0 Å². The minimum Gasteiger partial charge on any atom is -0.504 e. The average molecular weight is 215 g/mol. The lowest BCUT2D eigenvalue weighted by Crippen LogP contribution is -1.82. The molecule has 0 bridgehead atoms. The van der Waals surface area contributed by atoms with E-state index in [0.29, 0.717) is 0 Å². The van der Waals surface area contributed by atoms with Gasteiger partial charge in [0.25, 0.3) is 0 Å². The van der Waals surface area contributed by atoms with Crippen LogP contribution in [0.25, 0.3) is 16.7 Å². The molecule has 0 radical (unpaired) electrons. The lowest BCUT2D eigenvalue weighted by molar-refractivity contribution is 0.339. The second-order valence-corrected chi connectivity index (χ2v) is 3.53. The van der Waals surface area contributed by atoms with Crippen molar-refractivity contribution in [2.75, 3.05) is 7.11 Å². The van der Waals surface area contributed by atoms with Gasteiger partial charge in [0, 0.05) is 5.56 Å². The molecule has 0 unspecified atom stereocenters. The van der Waals surface area contributed by atoms with Crippen molar-refractivity contribution in [3.05, 3.63) is 48.6 Å². The van der Waals surface area contributed by atoms with E-state index in [1.54, 1.807) is 25.8 Å². The summed E-state index contributed by atoms with van der Waals surface area (Å²) in [6.45, 7) is 2.01. The molecule has 1 aromatic carbocycles. The number of benzene rings is 1. The van der Waals surface area contributed by atoms with E-state index < -0.39 is 0 Å². The monoisotopic (exact) mass is 215 g/mol. The molecular weight excluding hydrogens is 202 g/mol. The van der Waals surface area contributed by atoms with Gasteiger partial charge in [0.15, 0.2) is 0 Å². The molecule has 1 heterocycles. The smallest absolute Gasteiger partial charge is 0.131 e. The van der Waals surface area contributed by atoms with E-state index in [4.69, 9.17) is 9.26 Å². The van der Waals surface area contributed by atoms with Gasteiger partial charge in [-0.3, -0.25) is 0 Å². The molecule has 0 saturated carbocycles. The summed E-state index contributed by atoms with van der Waals surface area (Å²) in [5.41, 5.74) is 4.27. The lowest BCUT2D eigenvalue weighted by Gasteiger charge is -2.03. The maximum atomic E-state index is 5.00. The Morgan fingerprint density at radius 3 is 2.94 bits per heavy atom. The minimum atomic E-state index is 0.979. The molecule has 0 N–H and O–H groups in total. The van der Waals surface area contributed by atoms with Gasteiger partial charge in [-0.25, -0.2) is 0 Å². The third-order valence-electron chi connectivity index (χ3n) is 2.38. The SMILES string of the molecule is COC=C(C)c1cccc(-c2cnoc2)c1.